The Kier molecular flexibility index (Phi) is 15.6. The molecule has 0 radical (unpaired) electrons. The van der Waals surface area contributed by atoms with Gasteiger partial charge in [0, 0.05) is 17.7 Å². The molecular weight excluding hydrogens is 1140 g/mol. The van der Waals surface area contributed by atoms with Crippen molar-refractivity contribution in [3.63, 3.8) is 0 Å². The van der Waals surface area contributed by atoms with E-state index in [-0.39, 0.29) is 12.3 Å². The number of hydrogen-bond acceptors (Lipinski definition) is 3. The summed E-state index contributed by atoms with van der Waals surface area (Å²) in [5.74, 6) is 1.68. The fraction of sp³-hybridized carbons (Fsp3) is 0.216. The third kappa shape index (κ3) is 12.9. The first-order valence-electron chi connectivity index (χ1n) is 22.2. The summed E-state index contributed by atoms with van der Waals surface area (Å²) in [6, 6.07) is 8.29. The zero-order valence-corrected chi connectivity index (χ0v) is 39.1. The number of carbonyl (C=O) groups excluding carboxylic acids is 1. The second-order valence-electron chi connectivity index (χ2n) is 17.7. The van der Waals surface area contributed by atoms with Gasteiger partial charge >= 0.3 is 49.4 Å². The number of carbonyl (C=O) groups is 1. The number of halogens is 24. The van der Waals surface area contributed by atoms with Crippen LogP contribution in [0.5, 0.6) is 11.5 Å². The Bertz CT molecular complexity index is 2990. The fourth-order valence-corrected chi connectivity index (χ4v) is 8.95. The van der Waals surface area contributed by atoms with E-state index in [1.165, 1.54) is 0 Å². The Hall–Kier alpha value is -7.62. The molecule has 29 heteroatoms. The number of hydrogen-bond donors (Lipinski definition) is 0. The number of benzene rings is 6. The minimum Gasteiger partial charge on any atom is -0.489 e. The molecule has 426 valence electrons. The minimum absolute atomic E-state index is 0.0757. The monoisotopic (exact) mass is 1170 g/mol. The molecular formula is C51H28BF24NO3. The second kappa shape index (κ2) is 20.8. The van der Waals surface area contributed by atoms with Crippen molar-refractivity contribution in [1.82, 2.24) is 0 Å². The molecule has 1 aromatic heterocycles. The van der Waals surface area contributed by atoms with Crippen LogP contribution in [0.4, 0.5) is 105 Å². The predicted molar refractivity (Wildman–Crippen MR) is 236 cm³/mol. The van der Waals surface area contributed by atoms with Gasteiger partial charge in [0.2, 0.25) is 17.8 Å². The van der Waals surface area contributed by atoms with E-state index < -0.39 is 195 Å². The van der Waals surface area contributed by atoms with Gasteiger partial charge in [0.1, 0.15) is 36.2 Å². The Balaban J connectivity index is 0.000000329. The van der Waals surface area contributed by atoms with Crippen molar-refractivity contribution in [3.05, 3.63) is 184 Å². The number of pyridine rings is 1. The quantitative estimate of drug-likeness (QED) is 0.0691. The third-order valence-electron chi connectivity index (χ3n) is 12.4. The summed E-state index contributed by atoms with van der Waals surface area (Å²) in [7, 11) is 0. The van der Waals surface area contributed by atoms with E-state index in [2.05, 4.69) is 0 Å². The predicted octanol–water partition coefficient (Wildman–Crippen LogP) is 14.0. The SMILES string of the molecule is FC(F)(F)c1cc([B-](c2cc(C(F)(F)F)cc(C(F)(F)F)c2)(c2cc(C(F)(F)F)cc(C(F)(F)F)c2)c2cc(C(F)(F)F)cc(C(F)(F)F)c2)cc(C(F)(F)F)c1.O=C(C[n+]1ccc2c3c(cccc31)OCCO2)c1ccccc1. The number of nitrogens with zero attached hydrogens (tertiary/aromatic N) is 1. The second-order valence-corrected chi connectivity index (χ2v) is 17.7. The number of rotatable bonds is 7. The molecule has 8 rings (SSSR count). The standard InChI is InChI=1S/C32H12BF24.C19H16NO3/c34-25(35,36)13-1-14(26(37,38)39)6-21(5-13)33(22-7-15(27(40,41)42)2-16(8-22)28(43,44)45,23-9-17(29(46,47)48)3-18(10-23)30(49,50)51)24-11-19(31(52,53)54)4-20(12-24)32(55,56)57;21-16(14-5-2-1-3-6-14)13-20-10-9-18-19-15(20)7-4-8-17(19)22-11-12-23-18/h1-12H;1-10H,11-13H2/q-1;+1. The molecule has 0 bridgehead atoms. The van der Waals surface area contributed by atoms with Crippen LogP contribution in [0.2, 0.25) is 0 Å². The summed E-state index contributed by atoms with van der Waals surface area (Å²) in [5, 5.41) is 0.924. The third-order valence-corrected chi connectivity index (χ3v) is 12.4. The van der Waals surface area contributed by atoms with Crippen LogP contribution < -0.4 is 35.9 Å². The molecule has 1 aliphatic heterocycles. The number of alkyl halides is 24. The zero-order valence-electron chi connectivity index (χ0n) is 39.1. The lowest BCUT2D eigenvalue weighted by atomic mass is 9.12. The smallest absolute Gasteiger partial charge is 0.416 e. The van der Waals surface area contributed by atoms with E-state index in [1.54, 1.807) is 0 Å². The van der Waals surface area contributed by atoms with Gasteiger partial charge in [-0.05, 0) is 30.3 Å². The van der Waals surface area contributed by atoms with Gasteiger partial charge in [0.15, 0.2) is 6.20 Å². The van der Waals surface area contributed by atoms with E-state index in [4.69, 9.17) is 9.47 Å². The van der Waals surface area contributed by atoms with Crippen molar-refractivity contribution in [3.8, 4) is 11.5 Å². The number of Topliss-reactive ketones (excluding diaryl/α,β-unsaturated/α-hetero) is 1. The first-order valence-corrected chi connectivity index (χ1v) is 22.2. The van der Waals surface area contributed by atoms with Gasteiger partial charge < -0.3 is 9.47 Å². The summed E-state index contributed by atoms with van der Waals surface area (Å²) in [4.78, 5) is 12.5. The Morgan fingerprint density at radius 3 is 0.950 bits per heavy atom. The van der Waals surface area contributed by atoms with Gasteiger partial charge in [-0.15, -0.1) is 0 Å². The summed E-state index contributed by atoms with van der Waals surface area (Å²) in [6.45, 7) is 1.33. The lowest BCUT2D eigenvalue weighted by Crippen LogP contribution is -2.75. The molecule has 0 unspecified atom stereocenters. The van der Waals surface area contributed by atoms with E-state index in [9.17, 15) is 110 Å². The van der Waals surface area contributed by atoms with Gasteiger partial charge in [0.05, 0.1) is 44.5 Å². The average Bonchev–Trinajstić information content (AvgIpc) is 3.57. The molecule has 0 atom stereocenters. The Morgan fingerprint density at radius 2 is 0.662 bits per heavy atom. The Labute approximate surface area is 432 Å². The highest BCUT2D eigenvalue weighted by atomic mass is 19.4. The number of aromatic nitrogens is 1. The highest BCUT2D eigenvalue weighted by molar-refractivity contribution is 7.20. The van der Waals surface area contributed by atoms with Crippen LogP contribution in [-0.4, -0.2) is 25.1 Å². The molecule has 0 aliphatic carbocycles. The molecule has 1 aliphatic rings. The molecule has 4 nitrogen and oxygen atoms in total. The van der Waals surface area contributed by atoms with Gasteiger partial charge in [-0.25, -0.2) is 0 Å². The molecule has 0 saturated heterocycles. The average molecular weight is 1170 g/mol. The normalized spacial score (nSPS) is 13.9. The van der Waals surface area contributed by atoms with Gasteiger partial charge in [0.25, 0.3) is 0 Å². The summed E-state index contributed by atoms with van der Waals surface area (Å²) in [6.07, 6.45) is -52.9. The maximum absolute atomic E-state index is 14.2. The van der Waals surface area contributed by atoms with Gasteiger partial charge in [-0.2, -0.15) is 132 Å². The topological polar surface area (TPSA) is 39.4 Å². The van der Waals surface area contributed by atoms with Crippen LogP contribution >= 0.6 is 0 Å². The molecule has 0 spiro atoms. The number of ketones is 1. The molecule has 0 amide bonds. The molecule has 0 N–H and O–H groups in total. The van der Waals surface area contributed by atoms with Crippen LogP contribution in [0.15, 0.2) is 134 Å². The van der Waals surface area contributed by atoms with Crippen LogP contribution in [0.3, 0.4) is 0 Å². The van der Waals surface area contributed by atoms with Crippen molar-refractivity contribution in [2.75, 3.05) is 13.2 Å². The van der Waals surface area contributed by atoms with Gasteiger partial charge in [-0.1, -0.05) is 84.9 Å². The molecule has 2 heterocycles. The van der Waals surface area contributed by atoms with E-state index in [0.717, 1.165) is 22.4 Å². The maximum Gasteiger partial charge on any atom is 0.416 e. The molecule has 0 saturated carbocycles. The molecule has 0 fully saturated rings. The molecule has 7 aromatic rings. The zero-order chi connectivity index (χ0) is 59.6. The molecule has 80 heavy (non-hydrogen) atoms. The van der Waals surface area contributed by atoms with Crippen molar-refractivity contribution in [2.24, 2.45) is 0 Å². The highest BCUT2D eigenvalue weighted by Gasteiger charge is 2.47. The first-order chi connectivity index (χ1) is 36.6. The summed E-state index contributed by atoms with van der Waals surface area (Å²) in [5.41, 5.74) is -28.6. The number of ether oxygens (including phenoxy) is 2. The Morgan fingerprint density at radius 1 is 0.375 bits per heavy atom. The van der Waals surface area contributed by atoms with Crippen LogP contribution in [-0.2, 0) is 56.0 Å². The first kappa shape index (κ1) is 60.0. The maximum atomic E-state index is 14.2. The highest BCUT2D eigenvalue weighted by Crippen LogP contribution is 2.42. The largest absolute Gasteiger partial charge is 0.489 e. The van der Waals surface area contributed by atoms with E-state index in [0.29, 0.717) is 18.8 Å². The fourth-order valence-electron chi connectivity index (χ4n) is 8.95. The van der Waals surface area contributed by atoms with Crippen LogP contribution in [0.25, 0.3) is 10.9 Å². The van der Waals surface area contributed by atoms with Crippen LogP contribution in [0.1, 0.15) is 54.9 Å². The summed E-state index contributed by atoms with van der Waals surface area (Å²) < 4.78 is 354. The lowest BCUT2D eigenvalue weighted by Gasteiger charge is -2.46. The summed E-state index contributed by atoms with van der Waals surface area (Å²) >= 11 is 0. The van der Waals surface area contributed by atoms with Gasteiger partial charge in [-0.3, -0.25) is 4.79 Å². The van der Waals surface area contributed by atoms with Crippen molar-refractivity contribution in [2.45, 2.75) is 56.0 Å². The minimum atomic E-state index is -6.13. The molecule has 6 aromatic carbocycles. The van der Waals surface area contributed by atoms with Crippen LogP contribution in [0, 0.1) is 0 Å². The van der Waals surface area contributed by atoms with E-state index >= 15 is 0 Å². The van der Waals surface area contributed by atoms with E-state index in [1.807, 2.05) is 65.4 Å². The van der Waals surface area contributed by atoms with Crippen molar-refractivity contribution < 1.29 is 124 Å². The van der Waals surface area contributed by atoms with Crippen molar-refractivity contribution >= 4 is 44.7 Å². The van der Waals surface area contributed by atoms with Crippen molar-refractivity contribution in [1.29, 1.82) is 0 Å². The lowest BCUT2D eigenvalue weighted by molar-refractivity contribution is -0.657.